The number of anilines is 1. The number of carbonyl (C=O) groups is 3. The van der Waals surface area contributed by atoms with Gasteiger partial charge in [-0.05, 0) is 49.0 Å². The molecule has 150 valence electrons. The monoisotopic (exact) mass is 402 g/mol. The van der Waals surface area contributed by atoms with Crippen molar-refractivity contribution in [1.82, 2.24) is 0 Å². The number of hydrogen-bond donors (Lipinski definition) is 3. The van der Waals surface area contributed by atoms with E-state index in [0.29, 0.717) is 22.9 Å². The number of thiophene rings is 1. The molecule has 0 spiro atoms. The first kappa shape index (κ1) is 19.2. The van der Waals surface area contributed by atoms with Crippen LogP contribution in [0.15, 0.2) is 12.2 Å². The molecule has 0 radical (unpaired) electrons. The summed E-state index contributed by atoms with van der Waals surface area (Å²) < 4.78 is 0. The Labute approximate surface area is 168 Å². The highest BCUT2D eigenvalue weighted by molar-refractivity contribution is 7.17. The van der Waals surface area contributed by atoms with Crippen LogP contribution in [0.1, 0.15) is 53.4 Å². The van der Waals surface area contributed by atoms with Crippen molar-refractivity contribution in [2.45, 2.75) is 45.4 Å². The van der Waals surface area contributed by atoms with Crippen LogP contribution in [0.2, 0.25) is 0 Å². The van der Waals surface area contributed by atoms with Gasteiger partial charge in [-0.1, -0.05) is 31.9 Å². The Morgan fingerprint density at radius 2 is 1.96 bits per heavy atom. The van der Waals surface area contributed by atoms with Gasteiger partial charge in [-0.15, -0.1) is 11.3 Å². The molecule has 1 aromatic rings. The van der Waals surface area contributed by atoms with E-state index in [1.165, 1.54) is 11.3 Å². The molecule has 28 heavy (non-hydrogen) atoms. The van der Waals surface area contributed by atoms with Crippen molar-refractivity contribution in [2.75, 3.05) is 5.32 Å². The number of nitrogens with two attached hydrogens (primary N) is 1. The summed E-state index contributed by atoms with van der Waals surface area (Å²) in [6, 6.07) is 0. The molecule has 0 aromatic carbocycles. The highest BCUT2D eigenvalue weighted by Gasteiger charge is 2.51. The number of nitrogens with one attached hydrogen (secondary N) is 1. The van der Waals surface area contributed by atoms with Crippen molar-refractivity contribution >= 4 is 34.1 Å². The zero-order chi connectivity index (χ0) is 20.0. The molecule has 5 atom stereocenters. The van der Waals surface area contributed by atoms with Crippen molar-refractivity contribution in [3.63, 3.8) is 0 Å². The van der Waals surface area contributed by atoms with Crippen LogP contribution in [0.25, 0.3) is 0 Å². The predicted molar refractivity (Wildman–Crippen MR) is 107 cm³/mol. The number of fused-ring (bicyclic) bond motifs is 3. The highest BCUT2D eigenvalue weighted by Crippen LogP contribution is 2.49. The average molecular weight is 403 g/mol. The summed E-state index contributed by atoms with van der Waals surface area (Å²) in [5, 5.41) is 13.0. The molecular formula is C21H26N2O4S. The topological polar surface area (TPSA) is 109 Å². The van der Waals surface area contributed by atoms with E-state index < -0.39 is 23.7 Å². The fourth-order valence-electron chi connectivity index (χ4n) is 5.37. The standard InChI is InChI=1S/C21H26N2O4S/c1-2-3-10-4-7-13-14(8-10)28-20(17(13)18(22)24)23-19(25)15-11-5-6-12(9-11)16(15)21(26)27/h5-6,10-12,15-16H,2-4,7-9H2,1H3,(H2,22,24)(H,23,25)(H,26,27)/t10-,11-,12+,15+,16+/m1/s1. The second-order valence-electron chi connectivity index (χ2n) is 8.30. The third-order valence-corrected chi connectivity index (χ3v) is 7.76. The van der Waals surface area contributed by atoms with E-state index in [2.05, 4.69) is 12.2 Å². The van der Waals surface area contributed by atoms with Gasteiger partial charge in [-0.25, -0.2) is 0 Å². The molecule has 1 aromatic heterocycles. The van der Waals surface area contributed by atoms with E-state index in [1.807, 2.05) is 12.2 Å². The first-order chi connectivity index (χ1) is 13.4. The largest absolute Gasteiger partial charge is 0.481 e. The number of carboxylic acid groups (broad SMARTS) is 1. The molecule has 2 bridgehead atoms. The zero-order valence-electron chi connectivity index (χ0n) is 15.9. The number of carbonyl (C=O) groups excluding carboxylic acids is 2. The van der Waals surface area contributed by atoms with Gasteiger partial charge in [0.2, 0.25) is 5.91 Å². The van der Waals surface area contributed by atoms with Crippen LogP contribution in [-0.2, 0) is 22.4 Å². The number of hydrogen-bond acceptors (Lipinski definition) is 4. The first-order valence-electron chi connectivity index (χ1n) is 10.1. The third kappa shape index (κ3) is 3.15. The second-order valence-corrected chi connectivity index (χ2v) is 9.40. The van der Waals surface area contributed by atoms with Gasteiger partial charge < -0.3 is 16.2 Å². The van der Waals surface area contributed by atoms with Gasteiger partial charge >= 0.3 is 5.97 Å². The molecule has 1 heterocycles. The van der Waals surface area contributed by atoms with E-state index in [0.717, 1.165) is 42.5 Å². The molecule has 4 rings (SSSR count). The Morgan fingerprint density at radius 1 is 1.25 bits per heavy atom. The maximum Gasteiger partial charge on any atom is 0.307 e. The Hall–Kier alpha value is -2.15. The maximum atomic E-state index is 13.0. The fraction of sp³-hybridized carbons (Fsp3) is 0.571. The quantitative estimate of drug-likeness (QED) is 0.635. The van der Waals surface area contributed by atoms with Crippen molar-refractivity contribution in [3.8, 4) is 0 Å². The summed E-state index contributed by atoms with van der Waals surface area (Å²) in [4.78, 5) is 38.0. The summed E-state index contributed by atoms with van der Waals surface area (Å²) in [6.45, 7) is 2.17. The van der Waals surface area contributed by atoms with E-state index in [1.54, 1.807) is 0 Å². The second kappa shape index (κ2) is 7.35. The number of amides is 2. The fourth-order valence-corrected chi connectivity index (χ4v) is 6.74. The van der Waals surface area contributed by atoms with Crippen molar-refractivity contribution in [2.24, 2.45) is 35.3 Å². The molecule has 3 aliphatic carbocycles. The lowest BCUT2D eigenvalue weighted by Crippen LogP contribution is -2.36. The predicted octanol–water partition coefficient (Wildman–Crippen LogP) is 3.21. The molecule has 1 saturated carbocycles. The number of primary amides is 1. The van der Waals surface area contributed by atoms with Crippen LogP contribution in [0.4, 0.5) is 5.00 Å². The average Bonchev–Trinajstić information content (AvgIpc) is 3.33. The van der Waals surface area contributed by atoms with Crippen molar-refractivity contribution in [3.05, 3.63) is 28.2 Å². The number of aliphatic carboxylic acids is 1. The van der Waals surface area contributed by atoms with Gasteiger partial charge in [0, 0.05) is 4.88 Å². The van der Waals surface area contributed by atoms with Gasteiger partial charge in [-0.2, -0.15) is 0 Å². The molecule has 2 amide bonds. The van der Waals surface area contributed by atoms with Crippen LogP contribution >= 0.6 is 11.3 Å². The highest BCUT2D eigenvalue weighted by atomic mass is 32.1. The number of allylic oxidation sites excluding steroid dienone is 2. The smallest absolute Gasteiger partial charge is 0.307 e. The Bertz CT molecular complexity index is 859. The van der Waals surface area contributed by atoms with Gasteiger partial charge in [0.25, 0.3) is 5.91 Å². The maximum absolute atomic E-state index is 13.0. The van der Waals surface area contributed by atoms with Crippen LogP contribution in [0.5, 0.6) is 0 Å². The summed E-state index contributed by atoms with van der Waals surface area (Å²) in [7, 11) is 0. The van der Waals surface area contributed by atoms with Gasteiger partial charge in [0.15, 0.2) is 0 Å². The molecule has 0 saturated heterocycles. The lowest BCUT2D eigenvalue weighted by atomic mass is 9.82. The van der Waals surface area contributed by atoms with E-state index in [4.69, 9.17) is 5.73 Å². The van der Waals surface area contributed by atoms with Gasteiger partial charge in [0.05, 0.1) is 17.4 Å². The van der Waals surface area contributed by atoms with Crippen LogP contribution < -0.4 is 11.1 Å². The summed E-state index contributed by atoms with van der Waals surface area (Å²) >= 11 is 1.44. The summed E-state index contributed by atoms with van der Waals surface area (Å²) in [5.41, 5.74) is 7.05. The Balaban J connectivity index is 1.60. The number of rotatable bonds is 6. The molecule has 0 unspecified atom stereocenters. The van der Waals surface area contributed by atoms with E-state index in [9.17, 15) is 19.5 Å². The lowest BCUT2D eigenvalue weighted by Gasteiger charge is -2.23. The Kier molecular flexibility index (Phi) is 5.04. The normalized spacial score (nSPS) is 30.2. The SMILES string of the molecule is CCC[C@@H]1CCc2c(sc(NC(=O)[C@@H]3[C@@H](C(=O)O)[C@H]4C=C[C@@H]3C4)c2C(N)=O)C1. The minimum Gasteiger partial charge on any atom is -0.481 e. The van der Waals surface area contributed by atoms with E-state index >= 15 is 0 Å². The summed E-state index contributed by atoms with van der Waals surface area (Å²) in [6.07, 6.45) is 9.62. The summed E-state index contributed by atoms with van der Waals surface area (Å²) in [5.74, 6) is -2.59. The Morgan fingerprint density at radius 3 is 2.61 bits per heavy atom. The van der Waals surface area contributed by atoms with Crippen LogP contribution in [0, 0.1) is 29.6 Å². The van der Waals surface area contributed by atoms with Crippen molar-refractivity contribution in [1.29, 1.82) is 0 Å². The minimum atomic E-state index is -0.931. The van der Waals surface area contributed by atoms with Crippen LogP contribution in [-0.4, -0.2) is 22.9 Å². The molecule has 6 nitrogen and oxygen atoms in total. The zero-order valence-corrected chi connectivity index (χ0v) is 16.8. The number of carboxylic acids is 1. The molecular weight excluding hydrogens is 376 g/mol. The first-order valence-corrected chi connectivity index (χ1v) is 10.9. The molecule has 4 N–H and O–H groups in total. The van der Waals surface area contributed by atoms with E-state index in [-0.39, 0.29) is 17.7 Å². The molecule has 0 aliphatic heterocycles. The molecule has 3 aliphatic rings. The lowest BCUT2D eigenvalue weighted by molar-refractivity contribution is -0.146. The van der Waals surface area contributed by atoms with Crippen molar-refractivity contribution < 1.29 is 19.5 Å². The molecule has 1 fully saturated rings. The third-order valence-electron chi connectivity index (χ3n) is 6.59. The van der Waals surface area contributed by atoms with Gasteiger partial charge in [0.1, 0.15) is 5.00 Å². The minimum absolute atomic E-state index is 0.0494. The molecule has 7 heteroatoms. The van der Waals surface area contributed by atoms with Crippen LogP contribution in [0.3, 0.4) is 0 Å². The van der Waals surface area contributed by atoms with Gasteiger partial charge in [-0.3, -0.25) is 14.4 Å².